The van der Waals surface area contributed by atoms with Gasteiger partial charge in [0.15, 0.2) is 6.29 Å². The van der Waals surface area contributed by atoms with Gasteiger partial charge in [-0.3, -0.25) is 0 Å². The van der Waals surface area contributed by atoms with Crippen LogP contribution in [-0.4, -0.2) is 44.0 Å². The van der Waals surface area contributed by atoms with E-state index < -0.39 is 19.8 Å². The molecule has 0 heterocycles. The van der Waals surface area contributed by atoms with Crippen molar-refractivity contribution in [3.05, 3.63) is 11.1 Å². The maximum atomic E-state index is 11.2. The molecule has 1 N–H and O–H groups in total. The average Bonchev–Trinajstić information content (AvgIpc) is 2.38. The molecule has 0 aliphatic heterocycles. The predicted molar refractivity (Wildman–Crippen MR) is 96.6 cm³/mol. The SMILES string of the molecule is C/C(CCl)=C(\CCC(OCC(Cl)(Cl)Cl)OCC(Cl)(Cl)Cl)C(=O)O. The lowest BCUT2D eigenvalue weighted by molar-refractivity contribution is -0.144. The van der Waals surface area contributed by atoms with Gasteiger partial charge in [-0.1, -0.05) is 69.6 Å². The maximum Gasteiger partial charge on any atom is 0.331 e. The van der Waals surface area contributed by atoms with Crippen LogP contribution in [0.2, 0.25) is 0 Å². The molecule has 0 spiro atoms. The van der Waals surface area contributed by atoms with Crippen molar-refractivity contribution >= 4 is 87.2 Å². The van der Waals surface area contributed by atoms with Gasteiger partial charge in [0.2, 0.25) is 7.59 Å². The van der Waals surface area contributed by atoms with Gasteiger partial charge in [-0.2, -0.15) is 0 Å². The van der Waals surface area contributed by atoms with Crippen LogP contribution in [0, 0.1) is 0 Å². The standard InChI is InChI=1S/C12H15Cl7O4/c1-7(4-13)8(10(20)21)2-3-9(22-5-11(14,15)16)23-6-12(17,18)19/h9H,2-6H2,1H3,(H,20,21)/b8-7-. The smallest absolute Gasteiger partial charge is 0.331 e. The molecule has 0 unspecified atom stereocenters. The Hall–Kier alpha value is 1.16. The van der Waals surface area contributed by atoms with E-state index in [2.05, 4.69) is 0 Å². The van der Waals surface area contributed by atoms with Crippen LogP contribution in [0.1, 0.15) is 19.8 Å². The Kier molecular flexibility index (Phi) is 11.6. The number of carboxylic acid groups (broad SMARTS) is 1. The van der Waals surface area contributed by atoms with E-state index in [-0.39, 0.29) is 37.5 Å². The second-order valence-corrected chi connectivity index (χ2v) is 9.82. The molecule has 0 aliphatic rings. The fraction of sp³-hybridized carbons (Fsp3) is 0.750. The third-order valence-electron chi connectivity index (χ3n) is 2.47. The summed E-state index contributed by atoms with van der Waals surface area (Å²) in [6.45, 7) is 1.07. The molecular weight excluding hydrogens is 456 g/mol. The van der Waals surface area contributed by atoms with E-state index in [1.165, 1.54) is 0 Å². The Morgan fingerprint density at radius 1 is 1.04 bits per heavy atom. The Morgan fingerprint density at radius 3 is 1.78 bits per heavy atom. The number of halogens is 7. The molecule has 0 aromatic heterocycles. The summed E-state index contributed by atoms with van der Waals surface area (Å²) in [5.74, 6) is -0.985. The third kappa shape index (κ3) is 13.1. The van der Waals surface area contributed by atoms with Gasteiger partial charge < -0.3 is 14.6 Å². The quantitative estimate of drug-likeness (QED) is 0.274. The largest absolute Gasteiger partial charge is 0.478 e. The molecule has 0 amide bonds. The lowest BCUT2D eigenvalue weighted by Crippen LogP contribution is -2.27. The summed E-state index contributed by atoms with van der Waals surface area (Å²) in [7, 11) is 0. The molecule has 0 aliphatic carbocycles. The van der Waals surface area contributed by atoms with Gasteiger partial charge in [-0.05, 0) is 18.9 Å². The number of aliphatic carboxylic acids is 1. The lowest BCUT2D eigenvalue weighted by atomic mass is 10.1. The number of carboxylic acids is 1. The average molecular weight is 471 g/mol. The molecule has 0 bridgehead atoms. The first kappa shape index (κ1) is 24.2. The zero-order valence-electron chi connectivity index (χ0n) is 11.9. The van der Waals surface area contributed by atoms with Gasteiger partial charge >= 0.3 is 5.97 Å². The summed E-state index contributed by atoms with van der Waals surface area (Å²) in [6.07, 6.45) is -0.644. The highest BCUT2D eigenvalue weighted by atomic mass is 35.6. The fourth-order valence-corrected chi connectivity index (χ4v) is 1.97. The highest BCUT2D eigenvalue weighted by Gasteiger charge is 2.27. The van der Waals surface area contributed by atoms with Gasteiger partial charge in [0.1, 0.15) is 0 Å². The van der Waals surface area contributed by atoms with Crippen molar-refractivity contribution in [3.8, 4) is 0 Å². The van der Waals surface area contributed by atoms with Gasteiger partial charge in [0.05, 0.1) is 13.2 Å². The number of carbonyl (C=O) groups is 1. The molecule has 0 radical (unpaired) electrons. The van der Waals surface area contributed by atoms with Crippen LogP contribution in [0.25, 0.3) is 0 Å². The molecule has 23 heavy (non-hydrogen) atoms. The number of rotatable bonds is 9. The van der Waals surface area contributed by atoms with Crippen molar-refractivity contribution in [2.24, 2.45) is 0 Å². The minimum atomic E-state index is -1.65. The van der Waals surface area contributed by atoms with Crippen LogP contribution in [0.4, 0.5) is 0 Å². The second kappa shape index (κ2) is 11.0. The van der Waals surface area contributed by atoms with Crippen LogP contribution in [0.3, 0.4) is 0 Å². The minimum absolute atomic E-state index is 0.0936. The molecule has 0 saturated carbocycles. The third-order valence-corrected chi connectivity index (χ3v) is 3.53. The monoisotopic (exact) mass is 468 g/mol. The van der Waals surface area contributed by atoms with Crippen molar-refractivity contribution in [1.29, 1.82) is 0 Å². The Labute approximate surface area is 169 Å². The first-order chi connectivity index (χ1) is 10.4. The molecular formula is C12H15Cl7O4. The van der Waals surface area contributed by atoms with E-state index in [1.807, 2.05) is 0 Å². The molecule has 0 fully saturated rings. The zero-order valence-corrected chi connectivity index (χ0v) is 17.2. The minimum Gasteiger partial charge on any atom is -0.478 e. The number of ether oxygens (including phenoxy) is 2. The van der Waals surface area contributed by atoms with E-state index in [1.54, 1.807) is 6.92 Å². The van der Waals surface area contributed by atoms with Crippen LogP contribution in [-0.2, 0) is 14.3 Å². The van der Waals surface area contributed by atoms with Crippen molar-refractivity contribution in [2.75, 3.05) is 19.1 Å². The number of hydrogen-bond donors (Lipinski definition) is 1. The van der Waals surface area contributed by atoms with E-state index in [9.17, 15) is 9.90 Å². The van der Waals surface area contributed by atoms with E-state index in [0.29, 0.717) is 5.57 Å². The van der Waals surface area contributed by atoms with Crippen LogP contribution < -0.4 is 0 Å². The summed E-state index contributed by atoms with van der Waals surface area (Å²) in [5, 5.41) is 9.18. The molecule has 0 rings (SSSR count). The van der Waals surface area contributed by atoms with E-state index in [4.69, 9.17) is 90.7 Å². The molecule has 4 nitrogen and oxygen atoms in total. The van der Waals surface area contributed by atoms with Gasteiger partial charge in [-0.25, -0.2) is 4.79 Å². The van der Waals surface area contributed by atoms with Crippen molar-refractivity contribution in [1.82, 2.24) is 0 Å². The summed E-state index contributed by atoms with van der Waals surface area (Å²) < 4.78 is 7.30. The van der Waals surface area contributed by atoms with Crippen LogP contribution >= 0.6 is 81.2 Å². The number of alkyl halides is 7. The first-order valence-electron chi connectivity index (χ1n) is 6.20. The molecule has 136 valence electrons. The van der Waals surface area contributed by atoms with E-state index in [0.717, 1.165) is 0 Å². The Bertz CT molecular complexity index is 397. The highest BCUT2D eigenvalue weighted by Crippen LogP contribution is 2.30. The van der Waals surface area contributed by atoms with Crippen molar-refractivity contribution < 1.29 is 19.4 Å². The lowest BCUT2D eigenvalue weighted by Gasteiger charge is -2.23. The Morgan fingerprint density at radius 2 is 1.48 bits per heavy atom. The maximum absolute atomic E-state index is 11.2. The zero-order chi connectivity index (χ0) is 18.3. The summed E-state index contributed by atoms with van der Waals surface area (Å²) in [5.41, 5.74) is 0.681. The highest BCUT2D eigenvalue weighted by molar-refractivity contribution is 6.68. The van der Waals surface area contributed by atoms with Crippen molar-refractivity contribution in [3.63, 3.8) is 0 Å². The molecule has 0 saturated heterocycles. The normalized spacial score (nSPS) is 14.1. The topological polar surface area (TPSA) is 55.8 Å². The van der Waals surface area contributed by atoms with Crippen molar-refractivity contribution in [2.45, 2.75) is 33.6 Å². The van der Waals surface area contributed by atoms with Gasteiger partial charge in [0, 0.05) is 17.9 Å². The Balaban J connectivity index is 4.82. The second-order valence-electron chi connectivity index (χ2n) is 4.52. The number of hydrogen-bond acceptors (Lipinski definition) is 3. The summed E-state index contributed by atoms with van der Waals surface area (Å²) in [6, 6.07) is 0. The molecule has 11 heteroatoms. The van der Waals surface area contributed by atoms with E-state index >= 15 is 0 Å². The van der Waals surface area contributed by atoms with Crippen LogP contribution in [0.5, 0.6) is 0 Å². The van der Waals surface area contributed by atoms with Gasteiger partial charge in [-0.15, -0.1) is 11.6 Å². The fourth-order valence-electron chi connectivity index (χ4n) is 1.44. The first-order valence-corrected chi connectivity index (χ1v) is 9.00. The predicted octanol–water partition coefficient (Wildman–Crippen LogP) is 5.51. The van der Waals surface area contributed by atoms with Crippen LogP contribution in [0.15, 0.2) is 11.1 Å². The summed E-state index contributed by atoms with van der Waals surface area (Å²) in [4.78, 5) is 11.2. The summed E-state index contributed by atoms with van der Waals surface area (Å²) >= 11 is 39.3. The molecule has 0 aromatic rings. The van der Waals surface area contributed by atoms with Gasteiger partial charge in [0.25, 0.3) is 0 Å². The molecule has 0 atom stereocenters. The number of allylic oxidation sites excluding steroid dienone is 1. The molecule has 0 aromatic carbocycles.